The number of phenolic OH excluding ortho intramolecular Hbond substituents is 2. The highest BCUT2D eigenvalue weighted by atomic mass is 32.2. The van der Waals surface area contributed by atoms with E-state index in [1.165, 1.54) is 28.4 Å². The van der Waals surface area contributed by atoms with Crippen molar-refractivity contribution in [1.29, 1.82) is 0 Å². The molecule has 2 unspecified atom stereocenters. The average molecular weight is 1030 g/mol. The number of aromatic nitrogens is 1. The van der Waals surface area contributed by atoms with Gasteiger partial charge in [-0.3, -0.25) is 18.7 Å². The van der Waals surface area contributed by atoms with Crippen LogP contribution in [0.15, 0.2) is 186 Å². The summed E-state index contributed by atoms with van der Waals surface area (Å²) in [5.41, 5.74) is 5.15. The van der Waals surface area contributed by atoms with E-state index in [1.807, 2.05) is 120 Å². The fraction of sp³-hybridized carbons (Fsp3) is 0.224. The summed E-state index contributed by atoms with van der Waals surface area (Å²) < 4.78 is 21.1. The SMILES string of the molecule is O=C(OC(c1ccccc1)c1ccccc1)C1=C(N2CCc3cc(O)c(O)cc3C2)CS(=O)[C@@H]2C(NC(=O)/C(=N\OC3CCCC3)c3csc(NC(c4ccccc4)(c4ccccc4)c4ccccc4)n3)C(=O)N12. The van der Waals surface area contributed by atoms with Gasteiger partial charge in [-0.15, -0.1) is 11.3 Å². The van der Waals surface area contributed by atoms with Crippen molar-refractivity contribution in [2.45, 2.75) is 67.8 Å². The Kier molecular flexibility index (Phi) is 13.6. The van der Waals surface area contributed by atoms with Crippen molar-refractivity contribution in [2.24, 2.45) is 5.16 Å². The molecule has 3 aliphatic heterocycles. The molecule has 7 aromatic rings. The molecule has 1 aliphatic carbocycles. The van der Waals surface area contributed by atoms with E-state index in [0.29, 0.717) is 40.5 Å². The van der Waals surface area contributed by atoms with Gasteiger partial charge in [-0.2, -0.15) is 0 Å². The lowest BCUT2D eigenvalue weighted by molar-refractivity contribution is -0.154. The zero-order valence-corrected chi connectivity index (χ0v) is 41.7. The molecular formula is C58H52N6O8S2. The molecule has 1 aromatic heterocycles. The molecule has 4 heterocycles. The number of benzene rings is 6. The van der Waals surface area contributed by atoms with E-state index in [-0.39, 0.29) is 47.0 Å². The number of thiazole rings is 1. The summed E-state index contributed by atoms with van der Waals surface area (Å²) in [5, 5.41) is 32.8. The number of β-lactam (4-membered cyclic amide) rings is 1. The molecule has 1 saturated carbocycles. The third-order valence-corrected chi connectivity index (χ3v) is 16.5. The third kappa shape index (κ3) is 9.30. The van der Waals surface area contributed by atoms with E-state index in [2.05, 4.69) is 52.2 Å². The van der Waals surface area contributed by atoms with Crippen LogP contribution in [0.2, 0.25) is 0 Å². The Bertz CT molecular complexity index is 3140. The quantitative estimate of drug-likeness (QED) is 0.0193. The molecule has 374 valence electrons. The highest BCUT2D eigenvalue weighted by Gasteiger charge is 2.58. The predicted octanol–water partition coefficient (Wildman–Crippen LogP) is 8.64. The molecule has 6 aromatic carbocycles. The second-order valence-electron chi connectivity index (χ2n) is 18.7. The number of aromatic hydroxyl groups is 2. The molecule has 1 saturated heterocycles. The van der Waals surface area contributed by atoms with E-state index in [0.717, 1.165) is 47.9 Å². The number of carbonyl (C=O) groups is 3. The Morgan fingerprint density at radius 2 is 1.31 bits per heavy atom. The fourth-order valence-corrected chi connectivity index (χ4v) is 12.9. The fourth-order valence-electron chi connectivity index (χ4n) is 10.5. The van der Waals surface area contributed by atoms with Crippen molar-refractivity contribution in [3.8, 4) is 11.5 Å². The van der Waals surface area contributed by atoms with E-state index >= 15 is 0 Å². The molecule has 0 bridgehead atoms. The number of ether oxygens (including phenoxy) is 1. The monoisotopic (exact) mass is 1020 g/mol. The molecule has 3 atom stereocenters. The van der Waals surface area contributed by atoms with Gasteiger partial charge in [0, 0.05) is 18.5 Å². The summed E-state index contributed by atoms with van der Waals surface area (Å²) >= 11 is 1.29. The normalized spacial score (nSPS) is 18.9. The maximum absolute atomic E-state index is 15.0. The molecule has 2 fully saturated rings. The molecule has 16 heteroatoms. The van der Waals surface area contributed by atoms with Crippen molar-refractivity contribution >= 4 is 50.8 Å². The lowest BCUT2D eigenvalue weighted by Gasteiger charge is -2.50. The maximum atomic E-state index is 15.0. The number of oxime groups is 1. The Hall–Kier alpha value is -8.08. The van der Waals surface area contributed by atoms with Crippen LogP contribution in [0, 0.1) is 0 Å². The van der Waals surface area contributed by atoms with Crippen LogP contribution in [0.25, 0.3) is 0 Å². The van der Waals surface area contributed by atoms with Gasteiger partial charge in [0.25, 0.3) is 11.8 Å². The smallest absolute Gasteiger partial charge is 0.357 e. The summed E-state index contributed by atoms with van der Waals surface area (Å²) in [6.07, 6.45) is 2.80. The Morgan fingerprint density at radius 1 is 0.770 bits per heavy atom. The van der Waals surface area contributed by atoms with Crippen LogP contribution >= 0.6 is 11.3 Å². The predicted molar refractivity (Wildman–Crippen MR) is 282 cm³/mol. The van der Waals surface area contributed by atoms with Crippen molar-refractivity contribution in [2.75, 3.05) is 17.6 Å². The largest absolute Gasteiger partial charge is 0.504 e. The number of rotatable bonds is 15. The second-order valence-corrected chi connectivity index (χ2v) is 21.1. The zero-order valence-electron chi connectivity index (χ0n) is 40.1. The number of hydrogen-bond donors (Lipinski definition) is 4. The molecule has 0 spiro atoms. The minimum absolute atomic E-state index is 0.0826. The molecule has 4 aliphatic rings. The number of amides is 2. The highest BCUT2D eigenvalue weighted by molar-refractivity contribution is 7.86. The number of nitrogens with one attached hydrogen (secondary N) is 2. The van der Waals surface area contributed by atoms with E-state index in [9.17, 15) is 28.8 Å². The minimum Gasteiger partial charge on any atom is -0.504 e. The topological polar surface area (TPSA) is 183 Å². The number of nitrogens with zero attached hydrogens (tertiary/aromatic N) is 4. The van der Waals surface area contributed by atoms with Gasteiger partial charge in [0.15, 0.2) is 34.1 Å². The van der Waals surface area contributed by atoms with Crippen molar-refractivity contribution in [1.82, 2.24) is 20.1 Å². The van der Waals surface area contributed by atoms with Crippen LogP contribution in [-0.4, -0.2) is 82.5 Å². The lowest BCUT2D eigenvalue weighted by Crippen LogP contribution is -2.74. The van der Waals surface area contributed by atoms with Gasteiger partial charge >= 0.3 is 5.97 Å². The van der Waals surface area contributed by atoms with Gasteiger partial charge in [0.05, 0.1) is 22.2 Å². The first-order valence-electron chi connectivity index (χ1n) is 24.6. The summed E-state index contributed by atoms with van der Waals surface area (Å²) in [6, 6.07) is 50.4. The average Bonchev–Trinajstić information content (AvgIpc) is 4.18. The van der Waals surface area contributed by atoms with Gasteiger partial charge in [-0.05, 0) is 83.2 Å². The highest BCUT2D eigenvalue weighted by Crippen LogP contribution is 2.43. The van der Waals surface area contributed by atoms with Crippen LogP contribution in [0.4, 0.5) is 5.13 Å². The minimum atomic E-state index is -1.84. The summed E-state index contributed by atoms with van der Waals surface area (Å²) in [5.74, 6) is -2.92. The molecule has 11 rings (SSSR count). The summed E-state index contributed by atoms with van der Waals surface area (Å²) in [4.78, 5) is 58.7. The lowest BCUT2D eigenvalue weighted by atomic mass is 9.77. The molecule has 2 amide bonds. The van der Waals surface area contributed by atoms with Gasteiger partial charge in [0.1, 0.15) is 28.8 Å². The van der Waals surface area contributed by atoms with Gasteiger partial charge in [-0.25, -0.2) is 9.78 Å². The number of phenols is 2. The Morgan fingerprint density at radius 3 is 1.88 bits per heavy atom. The molecule has 14 nitrogen and oxygen atoms in total. The van der Waals surface area contributed by atoms with E-state index in [1.54, 1.807) is 5.38 Å². The second kappa shape index (κ2) is 20.8. The maximum Gasteiger partial charge on any atom is 0.357 e. The number of hydrogen-bond acceptors (Lipinski definition) is 13. The Balaban J connectivity index is 0.922. The zero-order chi connectivity index (χ0) is 50.8. The van der Waals surface area contributed by atoms with Crippen LogP contribution in [0.3, 0.4) is 0 Å². The first kappa shape index (κ1) is 48.2. The van der Waals surface area contributed by atoms with Crippen LogP contribution < -0.4 is 10.6 Å². The molecule has 0 radical (unpaired) electrons. The van der Waals surface area contributed by atoms with Crippen molar-refractivity contribution < 1.29 is 38.4 Å². The number of esters is 1. The van der Waals surface area contributed by atoms with E-state index in [4.69, 9.17) is 14.6 Å². The summed E-state index contributed by atoms with van der Waals surface area (Å²) in [6.45, 7) is 0.539. The van der Waals surface area contributed by atoms with Gasteiger partial charge < -0.3 is 35.3 Å². The molecule has 74 heavy (non-hydrogen) atoms. The van der Waals surface area contributed by atoms with Crippen molar-refractivity contribution in [3.63, 3.8) is 0 Å². The number of carbonyl (C=O) groups excluding carboxylic acids is 3. The molecular weight excluding hydrogens is 973 g/mol. The van der Waals surface area contributed by atoms with Crippen LogP contribution in [0.1, 0.15) is 76.4 Å². The summed E-state index contributed by atoms with van der Waals surface area (Å²) in [7, 11) is -1.84. The van der Waals surface area contributed by atoms with Crippen molar-refractivity contribution in [3.05, 3.63) is 225 Å². The Labute approximate surface area is 434 Å². The third-order valence-electron chi connectivity index (χ3n) is 14.2. The van der Waals surface area contributed by atoms with Gasteiger partial charge in [-0.1, -0.05) is 157 Å². The number of fused-ring (bicyclic) bond motifs is 2. The first-order chi connectivity index (χ1) is 36.2. The van der Waals surface area contributed by atoms with Crippen LogP contribution in [0.5, 0.6) is 11.5 Å². The van der Waals surface area contributed by atoms with E-state index < -0.39 is 51.6 Å². The first-order valence-corrected chi connectivity index (χ1v) is 26.9. The standard InChI is InChI=1S/C58H52N6O8S2/c65-47-32-39-30-31-63(34-40(39)33-48(47)66)46-36-74(70)55-50(54(68)64(55)51(46)56(69)71-52(37-18-6-1-7-19-37)38-20-8-2-9-21-38)60-53(67)49(62-72-44-28-16-17-29-44)45-35-73-57(59-45)61-58(41-22-10-3-11-23-41,42-24-12-4-13-25-42)43-26-14-5-15-27-43/h1-15,18-27,32-33,35,44,50,52,55,65-66H,16-17,28-31,34,36H2,(H,59,61)(H,60,67)/b62-49-/t50?,55-,74?/m1/s1. The molecule has 4 N–H and O–H groups in total. The van der Waals surface area contributed by atoms with Crippen LogP contribution in [-0.2, 0) is 53.3 Å². The van der Waals surface area contributed by atoms with Gasteiger partial charge in [0.2, 0.25) is 0 Å². The number of anilines is 1.